The maximum Gasteiger partial charge on any atom is 0.299 e. The Hall–Kier alpha value is -5.00. The van der Waals surface area contributed by atoms with Gasteiger partial charge in [0.05, 0.1) is 50.9 Å². The minimum absolute atomic E-state index is 0.0423. The van der Waals surface area contributed by atoms with Crippen LogP contribution < -0.4 is 19.1 Å². The number of Topliss-reactive ketones (excluding diaryl/α,β-unsaturated/α-hetero) is 1. The van der Waals surface area contributed by atoms with Crippen molar-refractivity contribution in [2.45, 2.75) is 19.3 Å². The number of aliphatic hydroxyl groups excluding tert-OH is 1. The molecule has 0 saturated carbocycles. The van der Waals surface area contributed by atoms with Gasteiger partial charge < -0.3 is 24.2 Å². The van der Waals surface area contributed by atoms with E-state index in [1.54, 1.807) is 75.0 Å². The monoisotopic (exact) mass is 602 g/mol. The summed E-state index contributed by atoms with van der Waals surface area (Å²) in [7, 11) is 3.12. The van der Waals surface area contributed by atoms with E-state index in [-0.39, 0.29) is 31.0 Å². The number of methoxy groups -OCH3 is 2. The van der Waals surface area contributed by atoms with Crippen molar-refractivity contribution in [3.8, 4) is 17.2 Å². The van der Waals surface area contributed by atoms with E-state index < -0.39 is 17.8 Å². The summed E-state index contributed by atoms with van der Waals surface area (Å²) in [6, 6.07) is 16.6. The van der Waals surface area contributed by atoms with Crippen LogP contribution in [0.2, 0.25) is 5.02 Å². The number of ketones is 2. The summed E-state index contributed by atoms with van der Waals surface area (Å²) in [5.74, 6) is 0.218. The first-order valence-corrected chi connectivity index (χ1v) is 13.5. The van der Waals surface area contributed by atoms with Gasteiger partial charge in [-0.2, -0.15) is 0 Å². The van der Waals surface area contributed by atoms with E-state index in [1.165, 1.54) is 21.7 Å². The van der Waals surface area contributed by atoms with Gasteiger partial charge in [0.2, 0.25) is 0 Å². The summed E-state index contributed by atoms with van der Waals surface area (Å²) >= 11 is 5.95. The van der Waals surface area contributed by atoms with Crippen molar-refractivity contribution >= 4 is 40.8 Å². The number of rotatable bonds is 12. The molecule has 2 heterocycles. The maximum atomic E-state index is 12.7. The average Bonchev–Trinajstić information content (AvgIpc) is 3.56. The predicted octanol–water partition coefficient (Wildman–Crippen LogP) is 4.01. The molecule has 0 spiro atoms. The number of carbonyl (C=O) groups is 3. The minimum Gasteiger partial charge on any atom is -0.497 e. The summed E-state index contributed by atoms with van der Waals surface area (Å²) in [6.45, 7) is 0.0488. The van der Waals surface area contributed by atoms with Gasteiger partial charge in [0.25, 0.3) is 11.7 Å². The summed E-state index contributed by atoms with van der Waals surface area (Å²) < 4.78 is 17.8. The number of nitrogens with zero attached hydrogens (tertiary/aromatic N) is 4. The number of halogens is 1. The largest absolute Gasteiger partial charge is 0.497 e. The minimum atomic E-state index is -1.02. The molecule has 1 aliphatic heterocycles. The molecule has 3 aromatic carbocycles. The zero-order valence-corrected chi connectivity index (χ0v) is 24.0. The van der Waals surface area contributed by atoms with Crippen molar-refractivity contribution in [1.82, 2.24) is 15.0 Å². The van der Waals surface area contributed by atoms with E-state index in [1.807, 2.05) is 6.07 Å². The molecule has 0 aliphatic carbocycles. The van der Waals surface area contributed by atoms with E-state index in [0.29, 0.717) is 39.2 Å². The van der Waals surface area contributed by atoms with E-state index in [0.717, 1.165) is 5.56 Å². The number of aromatic nitrogens is 3. The van der Waals surface area contributed by atoms with Crippen LogP contribution in [0.25, 0.3) is 6.08 Å². The van der Waals surface area contributed by atoms with E-state index in [9.17, 15) is 19.5 Å². The number of amides is 1. The molecule has 1 aliphatic rings. The van der Waals surface area contributed by atoms with Gasteiger partial charge in [-0.1, -0.05) is 16.8 Å². The fourth-order valence-corrected chi connectivity index (χ4v) is 4.69. The summed E-state index contributed by atoms with van der Waals surface area (Å²) in [5, 5.41) is 19.0. The number of benzene rings is 3. The van der Waals surface area contributed by atoms with Gasteiger partial charge in [-0.25, -0.2) is 4.68 Å². The van der Waals surface area contributed by atoms with Crippen molar-refractivity contribution in [2.24, 2.45) is 0 Å². The first kappa shape index (κ1) is 29.5. The molecule has 5 rings (SSSR count). The topological polar surface area (TPSA) is 133 Å². The van der Waals surface area contributed by atoms with Crippen LogP contribution in [-0.2, 0) is 17.9 Å². The van der Waals surface area contributed by atoms with Crippen molar-refractivity contribution < 1.29 is 33.7 Å². The normalized spacial score (nSPS) is 13.3. The summed E-state index contributed by atoms with van der Waals surface area (Å²) in [4.78, 5) is 38.6. The Balaban J connectivity index is 1.13. The quantitative estimate of drug-likeness (QED) is 0.145. The van der Waals surface area contributed by atoms with E-state index in [4.69, 9.17) is 25.8 Å². The molecule has 4 aromatic rings. The van der Waals surface area contributed by atoms with Crippen LogP contribution in [-0.4, -0.2) is 64.4 Å². The lowest BCUT2D eigenvalue weighted by Gasteiger charge is -2.20. The second kappa shape index (κ2) is 12.9. The summed E-state index contributed by atoms with van der Waals surface area (Å²) in [5.41, 5.74) is 2.36. The van der Waals surface area contributed by atoms with Gasteiger partial charge in [-0.05, 0) is 66.7 Å². The second-order valence-electron chi connectivity index (χ2n) is 9.61. The lowest BCUT2D eigenvalue weighted by Crippen LogP contribution is -2.38. The van der Waals surface area contributed by atoms with Crippen LogP contribution in [0.1, 0.15) is 32.0 Å². The van der Waals surface area contributed by atoms with Crippen LogP contribution in [0, 0.1) is 0 Å². The number of hydrogen-bond acceptors (Lipinski definition) is 9. The zero-order valence-electron chi connectivity index (χ0n) is 23.3. The Bertz CT molecular complexity index is 1700. The third-order valence-electron chi connectivity index (χ3n) is 6.69. The molecule has 1 aromatic heterocycles. The van der Waals surface area contributed by atoms with Crippen molar-refractivity contribution in [3.05, 3.63) is 100 Å². The molecule has 1 atom stereocenters. The molecular weight excluding hydrogens is 576 g/mol. The zero-order chi connectivity index (χ0) is 30.5. The van der Waals surface area contributed by atoms with Crippen molar-refractivity contribution in [1.29, 1.82) is 0 Å². The molecule has 0 fully saturated rings. The molecule has 12 heteroatoms. The first-order chi connectivity index (χ1) is 20.7. The van der Waals surface area contributed by atoms with Gasteiger partial charge in [-0.3, -0.25) is 14.4 Å². The Morgan fingerprint density at radius 1 is 1.00 bits per heavy atom. The Morgan fingerprint density at radius 2 is 1.77 bits per heavy atom. The fraction of sp³-hybridized carbons (Fsp3) is 0.194. The molecule has 0 saturated heterocycles. The van der Waals surface area contributed by atoms with Crippen LogP contribution in [0.15, 0.2) is 72.9 Å². The number of carbonyl (C=O) groups excluding carboxylic acids is 3. The van der Waals surface area contributed by atoms with Gasteiger partial charge in [-0.15, -0.1) is 5.10 Å². The molecule has 11 nitrogen and oxygen atoms in total. The molecule has 1 unspecified atom stereocenters. The maximum absolute atomic E-state index is 12.7. The van der Waals surface area contributed by atoms with E-state index >= 15 is 0 Å². The molecule has 0 bridgehead atoms. The third kappa shape index (κ3) is 6.74. The standard InChI is InChI=1S/C31H27ClN4O7/c1-41-25-10-5-20(29(14-25)42-2)6-12-28(38)19-3-8-24(9-4-19)43-18-22-15-35(34-33-22)16-23(37)17-36-27-11-7-21(32)13-26(27)30(39)31(36)40/h3-15,23,37H,16-18H2,1-2H3/b12-6+. The molecule has 1 N–H and O–H groups in total. The van der Waals surface area contributed by atoms with Crippen LogP contribution >= 0.6 is 11.6 Å². The molecule has 0 radical (unpaired) electrons. The van der Waals surface area contributed by atoms with Crippen molar-refractivity contribution in [3.63, 3.8) is 0 Å². The molecule has 43 heavy (non-hydrogen) atoms. The number of hydrogen-bond donors (Lipinski definition) is 1. The van der Waals surface area contributed by atoms with Gasteiger partial charge >= 0.3 is 0 Å². The lowest BCUT2D eigenvalue weighted by molar-refractivity contribution is -0.114. The number of anilines is 1. The van der Waals surface area contributed by atoms with Gasteiger partial charge in [0.1, 0.15) is 29.5 Å². The first-order valence-electron chi connectivity index (χ1n) is 13.2. The van der Waals surface area contributed by atoms with Gasteiger partial charge in [0, 0.05) is 22.2 Å². The average molecular weight is 603 g/mol. The second-order valence-corrected chi connectivity index (χ2v) is 10.0. The Morgan fingerprint density at radius 3 is 2.51 bits per heavy atom. The SMILES string of the molecule is COc1ccc(/C=C/C(=O)c2ccc(OCc3cn(CC(O)CN4C(=O)C(=O)c5cc(Cl)ccc54)nn3)cc2)c(OC)c1. The van der Waals surface area contributed by atoms with Crippen molar-refractivity contribution in [2.75, 3.05) is 25.7 Å². The van der Waals surface area contributed by atoms with Crippen LogP contribution in [0.3, 0.4) is 0 Å². The number of ether oxygens (including phenoxy) is 3. The number of fused-ring (bicyclic) bond motifs is 1. The fourth-order valence-electron chi connectivity index (χ4n) is 4.52. The third-order valence-corrected chi connectivity index (χ3v) is 6.93. The molecule has 220 valence electrons. The number of allylic oxidation sites excluding steroid dienone is 1. The van der Waals surface area contributed by atoms with Gasteiger partial charge in [0.15, 0.2) is 5.78 Å². The van der Waals surface area contributed by atoms with E-state index in [2.05, 4.69) is 10.3 Å². The molecule has 1 amide bonds. The lowest BCUT2D eigenvalue weighted by atomic mass is 10.1. The smallest absolute Gasteiger partial charge is 0.299 e. The highest BCUT2D eigenvalue weighted by atomic mass is 35.5. The highest BCUT2D eigenvalue weighted by Gasteiger charge is 2.36. The number of β-amino-alcohol motifs (C(OH)–C–C–N with tert-alkyl or cyclic N) is 1. The van der Waals surface area contributed by atoms with Crippen LogP contribution in [0.5, 0.6) is 17.2 Å². The highest BCUT2D eigenvalue weighted by molar-refractivity contribution is 6.52. The molecular formula is C31H27ClN4O7. The summed E-state index contributed by atoms with van der Waals surface area (Å²) in [6.07, 6.45) is 3.75. The Labute approximate surface area is 251 Å². The number of aliphatic hydroxyl groups is 1. The van der Waals surface area contributed by atoms with Crippen LogP contribution in [0.4, 0.5) is 5.69 Å². The highest BCUT2D eigenvalue weighted by Crippen LogP contribution is 2.31. The Kier molecular flexibility index (Phi) is 8.84. The predicted molar refractivity (Wildman–Crippen MR) is 158 cm³/mol.